The fourth-order valence-electron chi connectivity index (χ4n) is 6.96. The number of hydrogen-bond donors (Lipinski definition) is 0. The topological polar surface area (TPSA) is 18.5 Å². The molecule has 0 bridgehead atoms. The van der Waals surface area contributed by atoms with Gasteiger partial charge in [-0.05, 0) is 167 Å². The van der Waals surface area contributed by atoms with Crippen molar-refractivity contribution in [2.45, 2.75) is 136 Å². The van der Waals surface area contributed by atoms with Crippen molar-refractivity contribution in [1.82, 2.24) is 0 Å². The zero-order valence-electron chi connectivity index (χ0n) is 26.9. The van der Waals surface area contributed by atoms with Crippen LogP contribution in [0.3, 0.4) is 0 Å². The van der Waals surface area contributed by atoms with Crippen LogP contribution in [0.4, 0.5) is 0 Å². The number of hydrogen-bond acceptors (Lipinski definition) is 2. The Balaban J connectivity index is 1.06. The summed E-state index contributed by atoms with van der Waals surface area (Å²) in [5, 5.41) is 0. The van der Waals surface area contributed by atoms with E-state index in [2.05, 4.69) is 83.1 Å². The summed E-state index contributed by atoms with van der Waals surface area (Å²) < 4.78 is 13.2. The molecule has 0 radical (unpaired) electrons. The summed E-state index contributed by atoms with van der Waals surface area (Å²) in [5.74, 6) is 0. The van der Waals surface area contributed by atoms with Crippen molar-refractivity contribution in [1.29, 1.82) is 0 Å². The van der Waals surface area contributed by atoms with Gasteiger partial charge < -0.3 is 9.31 Å². The molecule has 0 amide bonds. The lowest BCUT2D eigenvalue weighted by Crippen LogP contribution is -2.41. The Morgan fingerprint density at radius 1 is 0.548 bits per heavy atom. The first-order valence-electron chi connectivity index (χ1n) is 16.9. The molecule has 3 aliphatic rings. The third kappa shape index (κ3) is 6.43. The SMILES string of the molecule is Cc1cc(CCCCCc2ccc3c(c2)CC3)c(B2OC(C)(C)C(C)(C)O2)cc1CCCCCc1ccc2c(c1)CC2. The minimum absolute atomic E-state index is 0.289. The second-order valence-corrected chi connectivity index (χ2v) is 14.4. The molecule has 1 aliphatic heterocycles. The summed E-state index contributed by atoms with van der Waals surface area (Å²) in [6.07, 6.45) is 17.2. The fourth-order valence-corrected chi connectivity index (χ4v) is 6.96. The van der Waals surface area contributed by atoms with Crippen LogP contribution in [0, 0.1) is 6.92 Å². The maximum absolute atomic E-state index is 6.59. The van der Waals surface area contributed by atoms with E-state index in [1.807, 2.05) is 0 Å². The summed E-state index contributed by atoms with van der Waals surface area (Å²) in [5.41, 5.74) is 14.3. The fraction of sp³-hybridized carbons (Fsp3) is 0.538. The van der Waals surface area contributed by atoms with Gasteiger partial charge in [-0.1, -0.05) is 61.4 Å². The van der Waals surface area contributed by atoms with Crippen LogP contribution in [0.2, 0.25) is 0 Å². The van der Waals surface area contributed by atoms with Crippen molar-refractivity contribution >= 4 is 12.6 Å². The molecule has 2 nitrogen and oxygen atoms in total. The third-order valence-corrected chi connectivity index (χ3v) is 10.8. The minimum Gasteiger partial charge on any atom is -0.399 e. The van der Waals surface area contributed by atoms with Crippen LogP contribution in [-0.2, 0) is 60.7 Å². The maximum Gasteiger partial charge on any atom is 0.495 e. The highest BCUT2D eigenvalue weighted by atomic mass is 16.7. The van der Waals surface area contributed by atoms with Gasteiger partial charge in [-0.25, -0.2) is 0 Å². The molecule has 0 saturated carbocycles. The highest BCUT2D eigenvalue weighted by molar-refractivity contribution is 6.62. The van der Waals surface area contributed by atoms with Gasteiger partial charge in [-0.3, -0.25) is 0 Å². The summed E-state index contributed by atoms with van der Waals surface area (Å²) in [4.78, 5) is 0. The molecule has 1 fully saturated rings. The molecular weight excluding hydrogens is 511 g/mol. The average molecular weight is 563 g/mol. The normalized spacial score (nSPS) is 17.9. The molecule has 0 atom stereocenters. The predicted octanol–water partition coefficient (Wildman–Crippen LogP) is 8.40. The summed E-state index contributed by atoms with van der Waals surface area (Å²) in [7, 11) is -0.289. The molecule has 222 valence electrons. The second-order valence-electron chi connectivity index (χ2n) is 14.4. The largest absolute Gasteiger partial charge is 0.495 e. The lowest BCUT2D eigenvalue weighted by atomic mass is 9.73. The molecular formula is C39H51BO2. The molecule has 0 N–H and O–H groups in total. The van der Waals surface area contributed by atoms with Crippen LogP contribution in [0.1, 0.15) is 116 Å². The average Bonchev–Trinajstić information content (AvgIpc) is 3.13. The van der Waals surface area contributed by atoms with Crippen LogP contribution < -0.4 is 5.46 Å². The van der Waals surface area contributed by atoms with Crippen LogP contribution in [0.5, 0.6) is 0 Å². The van der Waals surface area contributed by atoms with Crippen molar-refractivity contribution in [3.8, 4) is 0 Å². The number of benzene rings is 3. The van der Waals surface area contributed by atoms with Gasteiger partial charge in [0.1, 0.15) is 0 Å². The Morgan fingerprint density at radius 3 is 1.50 bits per heavy atom. The highest BCUT2D eigenvalue weighted by Gasteiger charge is 2.52. The van der Waals surface area contributed by atoms with Gasteiger partial charge in [0.15, 0.2) is 0 Å². The van der Waals surface area contributed by atoms with E-state index < -0.39 is 0 Å². The van der Waals surface area contributed by atoms with Crippen LogP contribution >= 0.6 is 0 Å². The van der Waals surface area contributed by atoms with Crippen molar-refractivity contribution in [2.75, 3.05) is 0 Å². The van der Waals surface area contributed by atoms with Gasteiger partial charge in [-0.15, -0.1) is 0 Å². The quantitative estimate of drug-likeness (QED) is 0.154. The molecule has 1 heterocycles. The summed E-state index contributed by atoms with van der Waals surface area (Å²) in [6.45, 7) is 11.0. The van der Waals surface area contributed by atoms with Crippen molar-refractivity contribution in [2.24, 2.45) is 0 Å². The zero-order valence-corrected chi connectivity index (χ0v) is 26.9. The van der Waals surface area contributed by atoms with Crippen molar-refractivity contribution < 1.29 is 9.31 Å². The second kappa shape index (κ2) is 12.3. The Hall–Kier alpha value is -2.36. The van der Waals surface area contributed by atoms with Gasteiger partial charge in [0.05, 0.1) is 11.2 Å². The molecule has 0 aromatic heterocycles. The number of rotatable bonds is 13. The van der Waals surface area contributed by atoms with E-state index in [0.29, 0.717) is 0 Å². The van der Waals surface area contributed by atoms with Crippen molar-refractivity contribution in [3.05, 3.63) is 98.6 Å². The van der Waals surface area contributed by atoms with E-state index in [1.165, 1.54) is 110 Å². The van der Waals surface area contributed by atoms with Crippen LogP contribution in [0.25, 0.3) is 0 Å². The van der Waals surface area contributed by atoms with E-state index in [-0.39, 0.29) is 18.3 Å². The zero-order chi connectivity index (χ0) is 29.3. The van der Waals surface area contributed by atoms with E-state index in [0.717, 1.165) is 12.8 Å². The number of unbranched alkanes of at least 4 members (excludes halogenated alkanes) is 4. The van der Waals surface area contributed by atoms with Crippen molar-refractivity contribution in [3.63, 3.8) is 0 Å². The third-order valence-electron chi connectivity index (χ3n) is 10.8. The first kappa shape index (κ1) is 29.7. The van der Waals surface area contributed by atoms with Gasteiger partial charge in [0.25, 0.3) is 0 Å². The molecule has 42 heavy (non-hydrogen) atoms. The smallest absolute Gasteiger partial charge is 0.399 e. The Kier molecular flexibility index (Phi) is 8.72. The van der Waals surface area contributed by atoms with E-state index in [1.54, 1.807) is 22.3 Å². The van der Waals surface area contributed by atoms with Crippen LogP contribution in [-0.4, -0.2) is 18.3 Å². The predicted molar refractivity (Wildman–Crippen MR) is 177 cm³/mol. The molecule has 3 aromatic rings. The minimum atomic E-state index is -0.324. The molecule has 2 aliphatic carbocycles. The van der Waals surface area contributed by atoms with Gasteiger partial charge in [-0.2, -0.15) is 0 Å². The maximum atomic E-state index is 6.59. The highest BCUT2D eigenvalue weighted by Crippen LogP contribution is 2.37. The monoisotopic (exact) mass is 562 g/mol. The standard InChI is InChI=1S/C39H51BO2/c1-28-24-36(15-11-7-9-13-30-17-19-32-21-23-35(32)26-30)37(40-41-38(2,3)39(4,5)42-40)27-33(28)14-10-6-8-12-29-16-18-31-20-22-34(31)25-29/h16-19,24-27H,6-15,20-23H2,1-5H3. The van der Waals surface area contributed by atoms with E-state index in [9.17, 15) is 0 Å². The molecule has 0 unspecified atom stereocenters. The molecule has 3 aromatic carbocycles. The van der Waals surface area contributed by atoms with Crippen LogP contribution in [0.15, 0.2) is 48.5 Å². The van der Waals surface area contributed by atoms with Gasteiger partial charge in [0.2, 0.25) is 0 Å². The number of fused-ring (bicyclic) bond motifs is 2. The first-order valence-corrected chi connectivity index (χ1v) is 16.9. The molecule has 3 heteroatoms. The molecule has 0 spiro atoms. The Labute approximate surface area is 255 Å². The van der Waals surface area contributed by atoms with Gasteiger partial charge in [0, 0.05) is 0 Å². The summed E-state index contributed by atoms with van der Waals surface area (Å²) in [6, 6.07) is 19.2. The summed E-state index contributed by atoms with van der Waals surface area (Å²) >= 11 is 0. The molecule has 1 saturated heterocycles. The Morgan fingerprint density at radius 2 is 1.02 bits per heavy atom. The lowest BCUT2D eigenvalue weighted by Gasteiger charge is -2.32. The van der Waals surface area contributed by atoms with E-state index in [4.69, 9.17) is 9.31 Å². The Bertz CT molecular complexity index is 1400. The molecule has 6 rings (SSSR count). The van der Waals surface area contributed by atoms with Gasteiger partial charge >= 0.3 is 7.12 Å². The van der Waals surface area contributed by atoms with E-state index >= 15 is 0 Å². The lowest BCUT2D eigenvalue weighted by molar-refractivity contribution is 0.00578. The number of aryl methyl sites for hydroxylation is 9. The first-order chi connectivity index (χ1) is 20.2.